The predicted octanol–water partition coefficient (Wildman–Crippen LogP) is 3.65. The van der Waals surface area contributed by atoms with E-state index in [9.17, 15) is 10.2 Å². The highest BCUT2D eigenvalue weighted by Gasteiger charge is 2.05. The summed E-state index contributed by atoms with van der Waals surface area (Å²) < 4.78 is 0. The molecule has 0 aromatic heterocycles. The van der Waals surface area contributed by atoms with Crippen molar-refractivity contribution in [2.45, 2.75) is 90.3 Å². The zero-order valence-electron chi connectivity index (χ0n) is 11.1. The summed E-state index contributed by atoms with van der Waals surface area (Å²) in [5.74, 6) is 0. The summed E-state index contributed by atoms with van der Waals surface area (Å²) in [7, 11) is 0. The molecule has 0 saturated heterocycles. The van der Waals surface area contributed by atoms with Gasteiger partial charge in [0, 0.05) is 0 Å². The number of hydrogen-bond acceptors (Lipinski definition) is 2. The third-order valence-electron chi connectivity index (χ3n) is 3.11. The second-order valence-electron chi connectivity index (χ2n) is 4.88. The van der Waals surface area contributed by atoms with Crippen molar-refractivity contribution < 1.29 is 10.2 Å². The number of aliphatic hydroxyl groups is 2. The highest BCUT2D eigenvalue weighted by Crippen LogP contribution is 2.12. The van der Waals surface area contributed by atoms with E-state index in [1.165, 1.54) is 0 Å². The lowest BCUT2D eigenvalue weighted by Gasteiger charge is -2.11. The molecule has 16 heavy (non-hydrogen) atoms. The van der Waals surface area contributed by atoms with Crippen molar-refractivity contribution >= 4 is 0 Å². The van der Waals surface area contributed by atoms with Crippen molar-refractivity contribution in [3.05, 3.63) is 0 Å². The minimum absolute atomic E-state index is 0.118. The molecule has 0 amide bonds. The van der Waals surface area contributed by atoms with Gasteiger partial charge in [-0.1, -0.05) is 52.4 Å². The number of hydrogen-bond donors (Lipinski definition) is 2. The van der Waals surface area contributed by atoms with Gasteiger partial charge in [0.2, 0.25) is 0 Å². The van der Waals surface area contributed by atoms with E-state index < -0.39 is 0 Å². The maximum Gasteiger partial charge on any atom is 0.0540 e. The summed E-state index contributed by atoms with van der Waals surface area (Å²) in [6.07, 6.45) is 10.1. The number of aliphatic hydroxyl groups excluding tert-OH is 2. The fourth-order valence-electron chi connectivity index (χ4n) is 1.93. The SMILES string of the molecule is CCCCC(O)CCCCC(O)CCCC. The molecule has 2 unspecified atom stereocenters. The molecule has 0 spiro atoms. The average molecular weight is 230 g/mol. The Kier molecular flexibility index (Phi) is 11.3. The standard InChI is InChI=1S/C14H30O2/c1-3-5-9-13(15)11-7-8-12-14(16)10-6-4-2/h13-16H,3-12H2,1-2H3. The van der Waals surface area contributed by atoms with Crippen LogP contribution >= 0.6 is 0 Å². The summed E-state index contributed by atoms with van der Waals surface area (Å²) in [6.45, 7) is 4.30. The Bertz CT molecular complexity index is 121. The van der Waals surface area contributed by atoms with Gasteiger partial charge in [0.05, 0.1) is 12.2 Å². The Morgan fingerprint density at radius 1 is 0.625 bits per heavy atom. The minimum atomic E-state index is -0.118. The van der Waals surface area contributed by atoms with Gasteiger partial charge in [-0.15, -0.1) is 0 Å². The molecular formula is C14H30O2. The zero-order valence-corrected chi connectivity index (χ0v) is 11.1. The molecule has 2 heteroatoms. The third-order valence-corrected chi connectivity index (χ3v) is 3.11. The lowest BCUT2D eigenvalue weighted by molar-refractivity contribution is 0.132. The van der Waals surface area contributed by atoms with Crippen LogP contribution in [0.1, 0.15) is 78.1 Å². The quantitative estimate of drug-likeness (QED) is 0.532. The Morgan fingerprint density at radius 2 is 0.938 bits per heavy atom. The lowest BCUT2D eigenvalue weighted by Crippen LogP contribution is -2.08. The molecule has 0 aliphatic heterocycles. The molecule has 0 radical (unpaired) electrons. The first kappa shape index (κ1) is 15.9. The Hall–Kier alpha value is -0.0800. The average Bonchev–Trinajstić information content (AvgIpc) is 2.29. The smallest absolute Gasteiger partial charge is 0.0540 e. The van der Waals surface area contributed by atoms with Crippen molar-refractivity contribution in [2.75, 3.05) is 0 Å². The van der Waals surface area contributed by atoms with E-state index in [0.717, 1.165) is 64.2 Å². The molecule has 0 aliphatic carbocycles. The van der Waals surface area contributed by atoms with Crippen LogP contribution in [0.5, 0.6) is 0 Å². The maximum atomic E-state index is 9.62. The van der Waals surface area contributed by atoms with E-state index in [-0.39, 0.29) is 12.2 Å². The molecule has 0 saturated carbocycles. The van der Waals surface area contributed by atoms with E-state index in [2.05, 4.69) is 13.8 Å². The Labute approximate surface area is 101 Å². The summed E-state index contributed by atoms with van der Waals surface area (Å²) in [5.41, 5.74) is 0. The Morgan fingerprint density at radius 3 is 1.25 bits per heavy atom. The van der Waals surface area contributed by atoms with Gasteiger partial charge >= 0.3 is 0 Å². The van der Waals surface area contributed by atoms with Gasteiger partial charge in [-0.2, -0.15) is 0 Å². The summed E-state index contributed by atoms with van der Waals surface area (Å²) in [4.78, 5) is 0. The topological polar surface area (TPSA) is 40.5 Å². The fourth-order valence-corrected chi connectivity index (χ4v) is 1.93. The lowest BCUT2D eigenvalue weighted by atomic mass is 10.0. The molecule has 98 valence electrons. The van der Waals surface area contributed by atoms with Crippen LogP contribution in [0.3, 0.4) is 0 Å². The molecule has 0 aromatic rings. The molecule has 0 heterocycles. The van der Waals surface area contributed by atoms with Gasteiger partial charge in [0.1, 0.15) is 0 Å². The van der Waals surface area contributed by atoms with Gasteiger partial charge in [0.25, 0.3) is 0 Å². The van der Waals surface area contributed by atoms with E-state index in [0.29, 0.717) is 0 Å². The molecule has 2 N–H and O–H groups in total. The minimum Gasteiger partial charge on any atom is -0.393 e. The van der Waals surface area contributed by atoms with E-state index in [1.807, 2.05) is 0 Å². The van der Waals surface area contributed by atoms with Crippen molar-refractivity contribution in [1.82, 2.24) is 0 Å². The molecule has 2 atom stereocenters. The Balaban J connectivity index is 3.24. The van der Waals surface area contributed by atoms with E-state index in [4.69, 9.17) is 0 Å². The third kappa shape index (κ3) is 10.4. The zero-order chi connectivity index (χ0) is 12.2. The molecule has 0 rings (SSSR count). The highest BCUT2D eigenvalue weighted by molar-refractivity contribution is 4.59. The molecule has 0 bridgehead atoms. The van der Waals surface area contributed by atoms with Crippen LogP contribution in [0.25, 0.3) is 0 Å². The van der Waals surface area contributed by atoms with Crippen LogP contribution in [0.2, 0.25) is 0 Å². The van der Waals surface area contributed by atoms with E-state index >= 15 is 0 Å². The number of unbranched alkanes of at least 4 members (excludes halogenated alkanes) is 3. The first-order chi connectivity index (χ1) is 7.70. The van der Waals surface area contributed by atoms with Gasteiger partial charge in [-0.3, -0.25) is 0 Å². The van der Waals surface area contributed by atoms with Crippen LogP contribution in [0.4, 0.5) is 0 Å². The van der Waals surface area contributed by atoms with Crippen LogP contribution in [-0.4, -0.2) is 22.4 Å². The van der Waals surface area contributed by atoms with Crippen molar-refractivity contribution in [3.63, 3.8) is 0 Å². The van der Waals surface area contributed by atoms with Crippen LogP contribution in [0, 0.1) is 0 Å². The summed E-state index contributed by atoms with van der Waals surface area (Å²) in [5, 5.41) is 19.2. The fraction of sp³-hybridized carbons (Fsp3) is 1.00. The molecule has 0 aliphatic rings. The van der Waals surface area contributed by atoms with Gasteiger partial charge in [-0.05, 0) is 25.7 Å². The predicted molar refractivity (Wildman–Crippen MR) is 69.5 cm³/mol. The van der Waals surface area contributed by atoms with Gasteiger partial charge in [-0.25, -0.2) is 0 Å². The van der Waals surface area contributed by atoms with Crippen LogP contribution < -0.4 is 0 Å². The monoisotopic (exact) mass is 230 g/mol. The van der Waals surface area contributed by atoms with Crippen LogP contribution in [-0.2, 0) is 0 Å². The largest absolute Gasteiger partial charge is 0.393 e. The normalized spacial score (nSPS) is 15.0. The van der Waals surface area contributed by atoms with Crippen molar-refractivity contribution in [2.24, 2.45) is 0 Å². The maximum absolute atomic E-state index is 9.62. The molecular weight excluding hydrogens is 200 g/mol. The van der Waals surface area contributed by atoms with Gasteiger partial charge < -0.3 is 10.2 Å². The van der Waals surface area contributed by atoms with Crippen LogP contribution in [0.15, 0.2) is 0 Å². The van der Waals surface area contributed by atoms with Gasteiger partial charge in [0.15, 0.2) is 0 Å². The van der Waals surface area contributed by atoms with E-state index in [1.54, 1.807) is 0 Å². The second kappa shape index (κ2) is 11.4. The van der Waals surface area contributed by atoms with Crippen molar-refractivity contribution in [1.29, 1.82) is 0 Å². The summed E-state index contributed by atoms with van der Waals surface area (Å²) in [6, 6.07) is 0. The first-order valence-electron chi connectivity index (χ1n) is 7.06. The first-order valence-corrected chi connectivity index (χ1v) is 7.06. The summed E-state index contributed by atoms with van der Waals surface area (Å²) >= 11 is 0. The van der Waals surface area contributed by atoms with Crippen molar-refractivity contribution in [3.8, 4) is 0 Å². The number of rotatable bonds is 11. The molecule has 0 aromatic carbocycles. The molecule has 0 fully saturated rings. The highest BCUT2D eigenvalue weighted by atomic mass is 16.3. The second-order valence-corrected chi connectivity index (χ2v) is 4.88. The molecule has 2 nitrogen and oxygen atoms in total.